The van der Waals surface area contributed by atoms with Crippen LogP contribution in [0.15, 0.2) is 72.9 Å². The van der Waals surface area contributed by atoms with E-state index in [0.717, 1.165) is 62.3 Å². The van der Waals surface area contributed by atoms with Crippen LogP contribution in [-0.4, -0.2) is 42.1 Å². The SMILES string of the molecule is NCCCn1cc(-c2ccc(OCF)cc2)c2cc(CN3CCC(Oc4ccccc4Cl)CC3)ccc21. The van der Waals surface area contributed by atoms with E-state index >= 15 is 0 Å². The van der Waals surface area contributed by atoms with Gasteiger partial charge in [0.2, 0.25) is 6.86 Å². The lowest BCUT2D eigenvalue weighted by molar-refractivity contribution is 0.0969. The monoisotopic (exact) mass is 521 g/mol. The van der Waals surface area contributed by atoms with Gasteiger partial charge in [0.15, 0.2) is 0 Å². The average molecular weight is 522 g/mol. The number of aromatic nitrogens is 1. The fraction of sp³-hybridized carbons (Fsp3) is 0.333. The molecule has 5 rings (SSSR count). The standard InChI is InChI=1S/C30H33ClFN3O2/c31-28-4-1-2-5-30(28)37-25-12-16-34(17-13-25)19-22-6-11-29-26(18-22)27(20-35(29)15-3-14-33)23-7-9-24(10-8-23)36-21-32/h1-2,4-11,18,20,25H,3,12-17,19,21,33H2. The predicted octanol–water partition coefficient (Wildman–Crippen LogP) is 6.66. The number of benzene rings is 3. The van der Waals surface area contributed by atoms with E-state index in [9.17, 15) is 4.39 Å². The molecule has 1 aliphatic rings. The molecule has 1 saturated heterocycles. The Morgan fingerprint density at radius 1 is 1.00 bits per heavy atom. The third kappa shape index (κ3) is 6.09. The van der Waals surface area contributed by atoms with E-state index in [0.29, 0.717) is 17.3 Å². The number of rotatable bonds is 10. The topological polar surface area (TPSA) is 52.7 Å². The van der Waals surface area contributed by atoms with Crippen molar-refractivity contribution in [2.24, 2.45) is 5.73 Å². The number of fused-ring (bicyclic) bond motifs is 1. The summed E-state index contributed by atoms with van der Waals surface area (Å²) in [4.78, 5) is 2.49. The zero-order chi connectivity index (χ0) is 25.6. The van der Waals surface area contributed by atoms with Gasteiger partial charge >= 0.3 is 0 Å². The van der Waals surface area contributed by atoms with E-state index in [-0.39, 0.29) is 6.10 Å². The molecule has 0 amide bonds. The normalized spacial score (nSPS) is 14.8. The van der Waals surface area contributed by atoms with Gasteiger partial charge in [-0.05, 0) is 73.3 Å². The zero-order valence-electron chi connectivity index (χ0n) is 20.9. The van der Waals surface area contributed by atoms with Gasteiger partial charge in [0.1, 0.15) is 17.6 Å². The molecule has 0 unspecified atom stereocenters. The summed E-state index contributed by atoms with van der Waals surface area (Å²) >= 11 is 6.27. The third-order valence-electron chi connectivity index (χ3n) is 7.01. The van der Waals surface area contributed by atoms with Crippen molar-refractivity contribution in [3.63, 3.8) is 0 Å². The number of likely N-dealkylation sites (tertiary alicyclic amines) is 1. The van der Waals surface area contributed by atoms with E-state index in [1.54, 1.807) is 0 Å². The predicted molar refractivity (Wildman–Crippen MR) is 148 cm³/mol. The maximum Gasteiger partial charge on any atom is 0.228 e. The molecule has 1 fully saturated rings. The zero-order valence-corrected chi connectivity index (χ0v) is 21.7. The minimum Gasteiger partial charge on any atom is -0.489 e. The summed E-state index contributed by atoms with van der Waals surface area (Å²) in [6.07, 6.45) is 5.25. The van der Waals surface area contributed by atoms with Gasteiger partial charge in [-0.3, -0.25) is 4.90 Å². The Kier molecular flexibility index (Phi) is 8.29. The second-order valence-electron chi connectivity index (χ2n) is 9.53. The summed E-state index contributed by atoms with van der Waals surface area (Å²) in [6.45, 7) is 3.55. The van der Waals surface area contributed by atoms with Crippen molar-refractivity contribution < 1.29 is 13.9 Å². The lowest BCUT2D eigenvalue weighted by Crippen LogP contribution is -2.37. The molecule has 7 heteroatoms. The van der Waals surface area contributed by atoms with Gasteiger partial charge in [-0.2, -0.15) is 0 Å². The van der Waals surface area contributed by atoms with Crippen LogP contribution in [0, 0.1) is 0 Å². The number of para-hydroxylation sites is 1. The molecule has 1 aromatic heterocycles. The van der Waals surface area contributed by atoms with Gasteiger partial charge in [-0.15, -0.1) is 0 Å². The molecule has 0 atom stereocenters. The molecule has 0 aliphatic carbocycles. The largest absolute Gasteiger partial charge is 0.489 e. The van der Waals surface area contributed by atoms with Crippen molar-refractivity contribution in [1.29, 1.82) is 0 Å². The fourth-order valence-corrected chi connectivity index (χ4v) is 5.26. The molecule has 0 radical (unpaired) electrons. The van der Waals surface area contributed by atoms with Crippen molar-refractivity contribution in [3.05, 3.63) is 83.5 Å². The summed E-state index contributed by atoms with van der Waals surface area (Å²) in [5.41, 5.74) is 10.5. The molecule has 4 aromatic rings. The van der Waals surface area contributed by atoms with Crippen molar-refractivity contribution in [3.8, 4) is 22.6 Å². The first-order valence-corrected chi connectivity index (χ1v) is 13.3. The molecule has 0 saturated carbocycles. The maximum absolute atomic E-state index is 12.6. The number of alkyl halides is 1. The Balaban J connectivity index is 1.31. The number of ether oxygens (including phenoxy) is 2. The third-order valence-corrected chi connectivity index (χ3v) is 7.32. The van der Waals surface area contributed by atoms with Crippen LogP contribution in [0.25, 0.3) is 22.0 Å². The van der Waals surface area contributed by atoms with Crippen molar-refractivity contribution in [2.45, 2.75) is 38.5 Å². The molecular weight excluding hydrogens is 489 g/mol. The van der Waals surface area contributed by atoms with Crippen LogP contribution < -0.4 is 15.2 Å². The maximum atomic E-state index is 12.6. The van der Waals surface area contributed by atoms with Crippen LogP contribution >= 0.6 is 11.6 Å². The van der Waals surface area contributed by atoms with E-state index < -0.39 is 6.86 Å². The minimum absolute atomic E-state index is 0.186. The van der Waals surface area contributed by atoms with Crippen LogP contribution in [-0.2, 0) is 13.1 Å². The quantitative estimate of drug-likeness (QED) is 0.253. The Morgan fingerprint density at radius 3 is 2.51 bits per heavy atom. The highest BCUT2D eigenvalue weighted by Crippen LogP contribution is 2.33. The molecule has 1 aliphatic heterocycles. The van der Waals surface area contributed by atoms with Gasteiger partial charge in [0.05, 0.1) is 5.02 Å². The second-order valence-corrected chi connectivity index (χ2v) is 9.94. The first-order chi connectivity index (χ1) is 18.1. The number of aryl methyl sites for hydroxylation is 1. The summed E-state index contributed by atoms with van der Waals surface area (Å²) in [7, 11) is 0. The molecule has 5 nitrogen and oxygen atoms in total. The Bertz CT molecular complexity index is 1320. The molecule has 2 heterocycles. The van der Waals surface area contributed by atoms with Crippen molar-refractivity contribution >= 4 is 22.5 Å². The summed E-state index contributed by atoms with van der Waals surface area (Å²) in [5.74, 6) is 1.30. The van der Waals surface area contributed by atoms with Crippen LogP contribution in [0.3, 0.4) is 0 Å². The second kappa shape index (κ2) is 12.0. The van der Waals surface area contributed by atoms with Crippen LogP contribution in [0.2, 0.25) is 5.02 Å². The van der Waals surface area contributed by atoms with Crippen molar-refractivity contribution in [1.82, 2.24) is 9.47 Å². The first-order valence-electron chi connectivity index (χ1n) is 12.9. The van der Waals surface area contributed by atoms with Gasteiger partial charge in [0.25, 0.3) is 0 Å². The van der Waals surface area contributed by atoms with Gasteiger partial charge in [-0.1, -0.05) is 41.9 Å². The lowest BCUT2D eigenvalue weighted by Gasteiger charge is -2.32. The highest BCUT2D eigenvalue weighted by Gasteiger charge is 2.22. The number of nitrogens with zero attached hydrogens (tertiary/aromatic N) is 2. The van der Waals surface area contributed by atoms with Crippen LogP contribution in [0.4, 0.5) is 4.39 Å². The number of hydrogen-bond acceptors (Lipinski definition) is 4. The molecule has 194 valence electrons. The summed E-state index contributed by atoms with van der Waals surface area (Å²) in [6, 6.07) is 22.0. The molecule has 0 spiro atoms. The molecule has 2 N–H and O–H groups in total. The van der Waals surface area contributed by atoms with E-state index in [1.165, 1.54) is 16.5 Å². The van der Waals surface area contributed by atoms with Gasteiger partial charge in [-0.25, -0.2) is 4.39 Å². The van der Waals surface area contributed by atoms with Gasteiger partial charge < -0.3 is 19.8 Å². The number of piperidine rings is 1. The number of halogens is 2. The summed E-state index contributed by atoms with van der Waals surface area (Å²) < 4.78 is 26.0. The Labute approximate surface area is 222 Å². The van der Waals surface area contributed by atoms with Crippen LogP contribution in [0.5, 0.6) is 11.5 Å². The Hall–Kier alpha value is -3.06. The minimum atomic E-state index is -0.829. The summed E-state index contributed by atoms with van der Waals surface area (Å²) in [5, 5.41) is 1.88. The Morgan fingerprint density at radius 2 is 1.78 bits per heavy atom. The van der Waals surface area contributed by atoms with Crippen molar-refractivity contribution in [2.75, 3.05) is 26.5 Å². The highest BCUT2D eigenvalue weighted by atomic mass is 35.5. The van der Waals surface area contributed by atoms with E-state index in [2.05, 4.69) is 33.9 Å². The molecule has 0 bridgehead atoms. The van der Waals surface area contributed by atoms with Gasteiger partial charge in [0, 0.05) is 48.8 Å². The average Bonchev–Trinajstić information content (AvgIpc) is 3.28. The number of nitrogens with two attached hydrogens (primary N) is 1. The fourth-order valence-electron chi connectivity index (χ4n) is 5.08. The molecule has 3 aromatic carbocycles. The highest BCUT2D eigenvalue weighted by molar-refractivity contribution is 6.32. The van der Waals surface area contributed by atoms with Crippen LogP contribution in [0.1, 0.15) is 24.8 Å². The molecule has 37 heavy (non-hydrogen) atoms. The van der Waals surface area contributed by atoms with E-state index in [1.807, 2.05) is 48.5 Å². The smallest absolute Gasteiger partial charge is 0.228 e. The lowest BCUT2D eigenvalue weighted by atomic mass is 10.0. The van der Waals surface area contributed by atoms with E-state index in [4.69, 9.17) is 26.8 Å². The first kappa shape index (κ1) is 25.6. The molecular formula is C30H33ClFN3O2. The number of hydrogen-bond donors (Lipinski definition) is 1.